The number of imidazole rings is 1. The molecule has 2 aromatic heterocycles. The van der Waals surface area contributed by atoms with Crippen LogP contribution in [0.1, 0.15) is 5.69 Å². The van der Waals surface area contributed by atoms with Crippen LogP contribution in [-0.4, -0.2) is 22.8 Å². The van der Waals surface area contributed by atoms with Crippen LogP contribution in [0.2, 0.25) is 0 Å². The molecule has 0 atom stereocenters. The molecule has 0 aliphatic heterocycles. The Kier molecular flexibility index (Phi) is 1.89. The van der Waals surface area contributed by atoms with E-state index in [4.69, 9.17) is 7.85 Å². The molecule has 13 heavy (non-hydrogen) atoms. The quantitative estimate of drug-likeness (QED) is 0.634. The summed E-state index contributed by atoms with van der Waals surface area (Å²) in [5.74, 6) is 0.754. The van der Waals surface area contributed by atoms with E-state index < -0.39 is 0 Å². The first kappa shape index (κ1) is 8.04. The first-order chi connectivity index (χ1) is 6.25. The Morgan fingerprint density at radius 1 is 1.38 bits per heavy atom. The number of rotatable bonds is 1. The highest BCUT2D eigenvalue weighted by atomic mass is 14.9. The molecule has 0 unspecified atom stereocenters. The van der Waals surface area contributed by atoms with Gasteiger partial charge < -0.3 is 4.98 Å². The first-order valence-corrected chi connectivity index (χ1v) is 4.00. The lowest BCUT2D eigenvalue weighted by Gasteiger charge is -1.96. The third-order valence-electron chi connectivity index (χ3n) is 1.72. The predicted octanol–water partition coefficient (Wildman–Crippen LogP) is 0.574. The van der Waals surface area contributed by atoms with E-state index in [1.54, 1.807) is 12.3 Å². The van der Waals surface area contributed by atoms with Crippen molar-refractivity contribution in [1.29, 1.82) is 0 Å². The Morgan fingerprint density at radius 2 is 2.23 bits per heavy atom. The Bertz CT molecular complexity index is 422. The van der Waals surface area contributed by atoms with Crippen molar-refractivity contribution in [3.05, 3.63) is 30.1 Å². The summed E-state index contributed by atoms with van der Waals surface area (Å²) in [6.45, 7) is 1.95. The highest BCUT2D eigenvalue weighted by molar-refractivity contribution is 6.30. The van der Waals surface area contributed by atoms with Crippen LogP contribution in [0.4, 0.5) is 0 Å². The molecule has 4 heteroatoms. The van der Waals surface area contributed by atoms with Gasteiger partial charge in [0.2, 0.25) is 0 Å². The van der Waals surface area contributed by atoms with E-state index in [9.17, 15) is 0 Å². The van der Waals surface area contributed by atoms with Crippen molar-refractivity contribution in [1.82, 2.24) is 15.0 Å². The second kappa shape index (κ2) is 3.05. The topological polar surface area (TPSA) is 41.6 Å². The van der Waals surface area contributed by atoms with Crippen LogP contribution < -0.4 is 5.59 Å². The number of hydrogen-bond donors (Lipinski definition) is 1. The van der Waals surface area contributed by atoms with Crippen molar-refractivity contribution < 1.29 is 0 Å². The highest BCUT2D eigenvalue weighted by Crippen LogP contribution is 2.09. The summed E-state index contributed by atoms with van der Waals surface area (Å²) in [7, 11) is 5.55. The van der Waals surface area contributed by atoms with Crippen molar-refractivity contribution >= 4 is 13.4 Å². The molecule has 2 rings (SSSR count). The molecule has 0 bridgehead atoms. The largest absolute Gasteiger partial charge is 0.341 e. The molecule has 0 spiro atoms. The van der Waals surface area contributed by atoms with Crippen LogP contribution in [0.15, 0.2) is 24.4 Å². The second-order valence-corrected chi connectivity index (χ2v) is 2.86. The van der Waals surface area contributed by atoms with Gasteiger partial charge in [0, 0.05) is 11.9 Å². The van der Waals surface area contributed by atoms with E-state index in [-0.39, 0.29) is 0 Å². The molecule has 3 nitrogen and oxygen atoms in total. The molecule has 0 aromatic carbocycles. The zero-order valence-corrected chi connectivity index (χ0v) is 7.28. The maximum Gasteiger partial charge on any atom is 0.156 e. The number of aromatic amines is 1. The molecule has 2 aromatic rings. The molecule has 0 fully saturated rings. The number of nitrogens with one attached hydrogen (secondary N) is 1. The maximum atomic E-state index is 5.55. The van der Waals surface area contributed by atoms with Gasteiger partial charge in [-0.1, -0.05) is 12.1 Å². The average molecular weight is 169 g/mol. The fraction of sp³-hybridized carbons (Fsp3) is 0.111. The summed E-state index contributed by atoms with van der Waals surface area (Å²) in [5, 5.41) is 0. The molecule has 0 aliphatic carbocycles. The van der Waals surface area contributed by atoms with Crippen molar-refractivity contribution in [3.63, 3.8) is 0 Å². The minimum Gasteiger partial charge on any atom is -0.341 e. The SMILES string of the molecule is [B]c1cccc(-c2ncc(C)[nH]2)n1. The van der Waals surface area contributed by atoms with Gasteiger partial charge in [0.15, 0.2) is 5.82 Å². The van der Waals surface area contributed by atoms with Crippen molar-refractivity contribution in [2.75, 3.05) is 0 Å². The van der Waals surface area contributed by atoms with Crippen LogP contribution in [0.25, 0.3) is 11.5 Å². The standard InChI is InChI=1S/C9H8BN3/c1-6-5-11-9(12-6)7-3-2-4-8(10)13-7/h2-5H,1H3,(H,11,12). The first-order valence-electron chi connectivity index (χ1n) is 4.00. The van der Waals surface area contributed by atoms with E-state index in [1.165, 1.54) is 0 Å². The minimum absolute atomic E-state index is 0.506. The lowest BCUT2D eigenvalue weighted by molar-refractivity contribution is 1.22. The molecule has 62 valence electrons. The highest BCUT2D eigenvalue weighted by Gasteiger charge is 2.01. The number of aromatic nitrogens is 3. The summed E-state index contributed by atoms with van der Waals surface area (Å²) >= 11 is 0. The van der Waals surface area contributed by atoms with Gasteiger partial charge in [-0.05, 0) is 18.6 Å². The number of pyridine rings is 1. The number of H-pyrrole nitrogens is 1. The van der Waals surface area contributed by atoms with Crippen molar-refractivity contribution in [2.45, 2.75) is 6.92 Å². The lowest BCUT2D eigenvalue weighted by atomic mass is 10.0. The predicted molar refractivity (Wildman–Crippen MR) is 51.9 cm³/mol. The van der Waals surface area contributed by atoms with E-state index in [2.05, 4.69) is 15.0 Å². The monoisotopic (exact) mass is 169 g/mol. The van der Waals surface area contributed by atoms with Gasteiger partial charge in [-0.2, -0.15) is 0 Å². The Hall–Kier alpha value is -1.58. The lowest BCUT2D eigenvalue weighted by Crippen LogP contribution is -2.07. The van der Waals surface area contributed by atoms with E-state index >= 15 is 0 Å². The number of nitrogens with zero attached hydrogens (tertiary/aromatic N) is 2. The van der Waals surface area contributed by atoms with Crippen LogP contribution in [0, 0.1) is 6.92 Å². The summed E-state index contributed by atoms with van der Waals surface area (Å²) in [4.78, 5) is 11.4. The summed E-state index contributed by atoms with van der Waals surface area (Å²) in [6.07, 6.45) is 1.76. The molecule has 2 radical (unpaired) electrons. The van der Waals surface area contributed by atoms with Gasteiger partial charge in [0.1, 0.15) is 13.5 Å². The van der Waals surface area contributed by atoms with Crippen LogP contribution in [0.3, 0.4) is 0 Å². The fourth-order valence-electron chi connectivity index (χ4n) is 1.13. The Labute approximate surface area is 77.7 Å². The molecule has 2 heterocycles. The van der Waals surface area contributed by atoms with Gasteiger partial charge in [-0.15, -0.1) is 0 Å². The van der Waals surface area contributed by atoms with Gasteiger partial charge in [-0.3, -0.25) is 4.98 Å². The van der Waals surface area contributed by atoms with Gasteiger partial charge in [-0.25, -0.2) is 4.98 Å². The van der Waals surface area contributed by atoms with Crippen LogP contribution >= 0.6 is 0 Å². The summed E-state index contributed by atoms with van der Waals surface area (Å²) in [5.41, 5.74) is 2.29. The number of aryl methyl sites for hydroxylation is 1. The smallest absolute Gasteiger partial charge is 0.156 e. The van der Waals surface area contributed by atoms with Gasteiger partial charge in [0.25, 0.3) is 0 Å². The molecule has 1 N–H and O–H groups in total. The average Bonchev–Trinajstić information content (AvgIpc) is 2.52. The normalized spacial score (nSPS) is 10.2. The number of hydrogen-bond acceptors (Lipinski definition) is 2. The molecule has 0 aliphatic rings. The van der Waals surface area contributed by atoms with Gasteiger partial charge in [0.05, 0.1) is 0 Å². The third-order valence-corrected chi connectivity index (χ3v) is 1.72. The third kappa shape index (κ3) is 1.61. The Balaban J connectivity index is 2.46. The molecule has 0 saturated heterocycles. The zero-order chi connectivity index (χ0) is 9.26. The van der Waals surface area contributed by atoms with E-state index in [0.717, 1.165) is 17.2 Å². The molecule has 0 amide bonds. The van der Waals surface area contributed by atoms with E-state index in [0.29, 0.717) is 5.59 Å². The zero-order valence-electron chi connectivity index (χ0n) is 7.28. The van der Waals surface area contributed by atoms with Crippen molar-refractivity contribution in [3.8, 4) is 11.5 Å². The van der Waals surface area contributed by atoms with Crippen LogP contribution in [0.5, 0.6) is 0 Å². The second-order valence-electron chi connectivity index (χ2n) is 2.86. The van der Waals surface area contributed by atoms with Crippen molar-refractivity contribution in [2.24, 2.45) is 0 Å². The minimum atomic E-state index is 0.506. The maximum absolute atomic E-state index is 5.55. The summed E-state index contributed by atoms with van der Waals surface area (Å²) in [6, 6.07) is 5.48. The molecular weight excluding hydrogens is 161 g/mol. The fourth-order valence-corrected chi connectivity index (χ4v) is 1.13. The van der Waals surface area contributed by atoms with Gasteiger partial charge >= 0.3 is 0 Å². The van der Waals surface area contributed by atoms with Crippen LogP contribution in [-0.2, 0) is 0 Å². The molecule has 0 saturated carbocycles. The molecular formula is C9H8BN3. The van der Waals surface area contributed by atoms with E-state index in [1.807, 2.05) is 19.1 Å². The Morgan fingerprint density at radius 3 is 2.85 bits per heavy atom. The summed E-state index contributed by atoms with van der Waals surface area (Å²) < 4.78 is 0.